The smallest absolute Gasteiger partial charge is 0.426 e. The lowest BCUT2D eigenvalue weighted by Gasteiger charge is -2.32. The van der Waals surface area contributed by atoms with Crippen molar-refractivity contribution in [3.8, 4) is 28.7 Å². The van der Waals surface area contributed by atoms with Crippen molar-refractivity contribution < 1.29 is 32.7 Å². The molecule has 0 heterocycles. The second kappa shape index (κ2) is 11.3. The number of benzene rings is 5. The summed E-state index contributed by atoms with van der Waals surface area (Å²) in [4.78, 5) is 2.86. The van der Waals surface area contributed by atoms with Crippen molar-refractivity contribution in [2.45, 2.75) is 43.4 Å². The van der Waals surface area contributed by atoms with E-state index in [2.05, 4.69) is 4.98 Å². The predicted octanol–water partition coefficient (Wildman–Crippen LogP) is 7.87. The summed E-state index contributed by atoms with van der Waals surface area (Å²) in [5.41, 5.74) is 1.85. The third-order valence-electron chi connectivity index (χ3n) is 8.38. The van der Waals surface area contributed by atoms with Gasteiger partial charge in [-0.3, -0.25) is 0 Å². The van der Waals surface area contributed by atoms with E-state index in [1.165, 1.54) is 30.3 Å². The van der Waals surface area contributed by atoms with Gasteiger partial charge in [0.1, 0.15) is 27.9 Å². The average molecular weight is 626 g/mol. The van der Waals surface area contributed by atoms with E-state index >= 15 is 0 Å². The van der Waals surface area contributed by atoms with E-state index in [1.807, 2.05) is 45.9 Å². The van der Waals surface area contributed by atoms with E-state index in [-0.39, 0.29) is 44.4 Å². The Bertz CT molecular complexity index is 2060. The first kappa shape index (κ1) is 31.2. The van der Waals surface area contributed by atoms with Crippen LogP contribution in [0.4, 0.5) is 5.69 Å². The molecule has 5 aromatic rings. The van der Waals surface area contributed by atoms with Gasteiger partial charge in [-0.2, -0.15) is 8.42 Å². The fourth-order valence-electron chi connectivity index (χ4n) is 5.62. The number of phenols is 3. The van der Waals surface area contributed by atoms with Crippen LogP contribution >= 0.6 is 0 Å². The maximum atomic E-state index is 13.3. The van der Waals surface area contributed by atoms with Crippen LogP contribution in [-0.4, -0.2) is 30.8 Å². The first-order valence-electron chi connectivity index (χ1n) is 14.1. The standard InChI is InChI=1S/C35H32N2O7S/c1-34(2,27-19-28(31(43-5)20-30(27)39)35(3,4)21-9-13-23(38)14-10-21)22-11-15-24(16-12-22)44-45(41,42)32-8-6-7-26-25(32)17-18-29(37-36)33(26)40/h6-20H,1-5H3,(H2-,38,39,40)/p+1. The van der Waals surface area contributed by atoms with E-state index in [0.717, 1.165) is 16.7 Å². The van der Waals surface area contributed by atoms with Crippen LogP contribution in [0.15, 0.2) is 95.9 Å². The van der Waals surface area contributed by atoms with Gasteiger partial charge in [0, 0.05) is 44.9 Å². The van der Waals surface area contributed by atoms with Gasteiger partial charge < -0.3 is 24.2 Å². The van der Waals surface area contributed by atoms with Crippen LogP contribution in [0.1, 0.15) is 49.9 Å². The molecule has 0 aliphatic rings. The minimum Gasteiger partial charge on any atom is -0.508 e. The van der Waals surface area contributed by atoms with Crippen molar-refractivity contribution in [1.29, 1.82) is 5.39 Å². The monoisotopic (exact) mass is 625 g/mol. The second-order valence-corrected chi connectivity index (χ2v) is 13.3. The van der Waals surface area contributed by atoms with Crippen molar-refractivity contribution in [1.82, 2.24) is 0 Å². The van der Waals surface area contributed by atoms with E-state index in [0.29, 0.717) is 11.3 Å². The Morgan fingerprint density at radius 3 is 1.93 bits per heavy atom. The molecule has 5 aromatic carbocycles. The molecule has 0 amide bonds. The number of hydrogen-bond acceptors (Lipinski definition) is 8. The van der Waals surface area contributed by atoms with Gasteiger partial charge in [0.15, 0.2) is 4.98 Å². The Kier molecular flexibility index (Phi) is 7.85. The van der Waals surface area contributed by atoms with E-state index in [1.54, 1.807) is 49.6 Å². The highest BCUT2D eigenvalue weighted by molar-refractivity contribution is 7.87. The number of nitrogens with zero attached hydrogens (tertiary/aromatic N) is 2. The average Bonchev–Trinajstić information content (AvgIpc) is 3.01. The molecule has 5 rings (SSSR count). The lowest BCUT2D eigenvalue weighted by atomic mass is 9.72. The second-order valence-electron chi connectivity index (χ2n) is 11.8. The number of aromatic hydroxyl groups is 3. The van der Waals surface area contributed by atoms with Crippen LogP contribution in [0, 0.1) is 5.39 Å². The van der Waals surface area contributed by atoms with Gasteiger partial charge in [-0.15, -0.1) is 0 Å². The number of hydrogen-bond donors (Lipinski definition) is 3. The Morgan fingerprint density at radius 2 is 1.33 bits per heavy atom. The van der Waals surface area contributed by atoms with Crippen LogP contribution in [0.25, 0.3) is 15.7 Å². The summed E-state index contributed by atoms with van der Waals surface area (Å²) in [7, 11) is -2.77. The predicted molar refractivity (Wildman–Crippen MR) is 172 cm³/mol. The normalized spacial score (nSPS) is 12.1. The molecule has 0 bridgehead atoms. The number of fused-ring (bicyclic) bond motifs is 1. The van der Waals surface area contributed by atoms with Gasteiger partial charge in [0.2, 0.25) is 11.1 Å². The molecule has 0 aromatic heterocycles. The molecule has 0 radical (unpaired) electrons. The molecule has 0 atom stereocenters. The molecule has 0 aliphatic carbocycles. The van der Waals surface area contributed by atoms with Gasteiger partial charge in [-0.25, -0.2) is 0 Å². The fraction of sp³-hybridized carbons (Fsp3) is 0.200. The van der Waals surface area contributed by atoms with Crippen LogP contribution in [0.5, 0.6) is 28.7 Å². The molecule has 3 N–H and O–H groups in total. The third kappa shape index (κ3) is 5.58. The molecule has 230 valence electrons. The lowest BCUT2D eigenvalue weighted by Crippen LogP contribution is -2.24. The number of diazo groups is 1. The third-order valence-corrected chi connectivity index (χ3v) is 9.69. The Morgan fingerprint density at radius 1 is 0.733 bits per heavy atom. The van der Waals surface area contributed by atoms with E-state index < -0.39 is 20.9 Å². The van der Waals surface area contributed by atoms with Gasteiger partial charge in [-0.05, 0) is 53.6 Å². The zero-order valence-corrected chi connectivity index (χ0v) is 26.3. The quantitative estimate of drug-likeness (QED) is 0.117. The number of methoxy groups -OCH3 is 1. The number of rotatable bonds is 8. The first-order chi connectivity index (χ1) is 21.2. The van der Waals surface area contributed by atoms with Crippen LogP contribution in [0.3, 0.4) is 0 Å². The van der Waals surface area contributed by atoms with Gasteiger partial charge in [-0.1, -0.05) is 64.1 Å². The highest BCUT2D eigenvalue weighted by Crippen LogP contribution is 2.46. The summed E-state index contributed by atoms with van der Waals surface area (Å²) in [5, 5.41) is 40.8. The molecule has 0 saturated carbocycles. The molecular weight excluding hydrogens is 592 g/mol. The molecule has 0 spiro atoms. The largest absolute Gasteiger partial charge is 0.508 e. The number of phenolic OH excluding ortho intramolecular Hbond substituents is 3. The summed E-state index contributed by atoms with van der Waals surface area (Å²) in [6.45, 7) is 7.98. The first-order valence-corrected chi connectivity index (χ1v) is 15.5. The number of ether oxygens (including phenoxy) is 1. The van der Waals surface area contributed by atoms with Crippen molar-refractivity contribution >= 4 is 26.6 Å². The van der Waals surface area contributed by atoms with Crippen molar-refractivity contribution in [2.75, 3.05) is 7.11 Å². The zero-order chi connectivity index (χ0) is 32.7. The van der Waals surface area contributed by atoms with Crippen LogP contribution < -0.4 is 8.92 Å². The molecule has 9 nitrogen and oxygen atoms in total. The minimum atomic E-state index is -4.32. The van der Waals surface area contributed by atoms with Crippen molar-refractivity contribution in [3.63, 3.8) is 0 Å². The molecular formula is C35H33N2O7S+. The Labute approximate surface area is 261 Å². The summed E-state index contributed by atoms with van der Waals surface area (Å²) < 4.78 is 37.8. The molecule has 0 unspecified atom stereocenters. The van der Waals surface area contributed by atoms with Gasteiger partial charge in [0.25, 0.3) is 0 Å². The summed E-state index contributed by atoms with van der Waals surface area (Å²) >= 11 is 0. The molecule has 45 heavy (non-hydrogen) atoms. The molecule has 0 saturated heterocycles. The van der Waals surface area contributed by atoms with E-state index in [9.17, 15) is 23.7 Å². The SMILES string of the molecule is COc1cc(O)c(C(C)(C)c2ccc(OS(=O)(=O)c3cccc4c(O)c([N+]#N)ccc34)cc2)cc1C(C)(C)c1ccc(O)cc1. The highest BCUT2D eigenvalue weighted by Gasteiger charge is 2.33. The summed E-state index contributed by atoms with van der Waals surface area (Å²) in [6, 6.07) is 24.1. The highest BCUT2D eigenvalue weighted by atomic mass is 32.2. The zero-order valence-electron chi connectivity index (χ0n) is 25.4. The fourth-order valence-corrected chi connectivity index (χ4v) is 6.76. The Hall–Kier alpha value is -5.27. The maximum absolute atomic E-state index is 13.3. The maximum Gasteiger partial charge on any atom is 0.426 e. The van der Waals surface area contributed by atoms with Gasteiger partial charge in [0.05, 0.1) is 7.11 Å². The summed E-state index contributed by atoms with van der Waals surface area (Å²) in [5.74, 6) is 0.448. The minimum absolute atomic E-state index is 0.0429. The van der Waals surface area contributed by atoms with Gasteiger partial charge >= 0.3 is 15.8 Å². The lowest BCUT2D eigenvalue weighted by molar-refractivity contribution is 0.390. The van der Waals surface area contributed by atoms with Crippen molar-refractivity contribution in [2.24, 2.45) is 0 Å². The van der Waals surface area contributed by atoms with Crippen molar-refractivity contribution in [3.05, 3.63) is 118 Å². The Balaban J connectivity index is 1.48. The van der Waals surface area contributed by atoms with Crippen LogP contribution in [0.2, 0.25) is 0 Å². The molecule has 10 heteroatoms. The van der Waals surface area contributed by atoms with Crippen LogP contribution in [-0.2, 0) is 20.9 Å². The topological polar surface area (TPSA) is 141 Å². The molecule has 0 fully saturated rings. The molecule has 0 aliphatic heterocycles. The van der Waals surface area contributed by atoms with E-state index in [4.69, 9.17) is 14.3 Å². The summed E-state index contributed by atoms with van der Waals surface area (Å²) in [6.07, 6.45) is 0.